The molecule has 2 N–H and O–H groups in total. The Hall–Kier alpha value is -4.58. The normalized spacial score (nSPS) is 16.8. The fourth-order valence-electron chi connectivity index (χ4n) is 4.36. The number of rotatable bonds is 10. The fraction of sp³-hybridized carbons (Fsp3) is 0.188. The highest BCUT2D eigenvalue weighted by Gasteiger charge is 2.33. The van der Waals surface area contributed by atoms with Crippen molar-refractivity contribution in [3.05, 3.63) is 131 Å². The molecule has 2 amide bonds. The van der Waals surface area contributed by atoms with Crippen molar-refractivity contribution in [3.8, 4) is 11.5 Å². The number of piperazine rings is 1. The van der Waals surface area contributed by atoms with Crippen LogP contribution in [0.5, 0.6) is 11.5 Å². The van der Waals surface area contributed by atoms with Gasteiger partial charge in [0.05, 0.1) is 0 Å². The molecule has 0 unspecified atom stereocenters. The lowest BCUT2D eigenvalue weighted by molar-refractivity contribution is -0.136. The molecule has 1 fully saturated rings. The second kappa shape index (κ2) is 12.1. The van der Waals surface area contributed by atoms with Gasteiger partial charge in [0.15, 0.2) is 0 Å². The summed E-state index contributed by atoms with van der Waals surface area (Å²) in [5, 5.41) is 5.78. The summed E-state index contributed by atoms with van der Waals surface area (Å²) in [4.78, 5) is 25.5. The standard InChI is InChI=1S/C32H30N2O4/c35-31-29(19-23-11-15-27(16-12-23)37-21-25-7-3-1-4-8-25)33-32(36)30(34-31)20-24-13-17-28(18-14-24)38-22-26-9-5-2-6-10-26/h1-18,29-30H,19-22H2,(H,33,36)(H,34,35)/t29-,30-/m0/s1. The van der Waals surface area contributed by atoms with Gasteiger partial charge in [0.2, 0.25) is 11.8 Å². The van der Waals surface area contributed by atoms with Gasteiger partial charge in [-0.2, -0.15) is 0 Å². The molecule has 0 spiro atoms. The molecule has 6 nitrogen and oxygen atoms in total. The molecule has 6 heteroatoms. The van der Waals surface area contributed by atoms with E-state index in [4.69, 9.17) is 9.47 Å². The number of benzene rings is 4. The molecule has 0 bridgehead atoms. The molecule has 1 aliphatic heterocycles. The molecule has 38 heavy (non-hydrogen) atoms. The zero-order valence-corrected chi connectivity index (χ0v) is 21.0. The lowest BCUT2D eigenvalue weighted by Gasteiger charge is -2.29. The summed E-state index contributed by atoms with van der Waals surface area (Å²) in [5.41, 5.74) is 4.09. The summed E-state index contributed by atoms with van der Waals surface area (Å²) in [6.07, 6.45) is 0.827. The van der Waals surface area contributed by atoms with Crippen LogP contribution in [0.3, 0.4) is 0 Å². The number of carbonyl (C=O) groups is 2. The van der Waals surface area contributed by atoms with Gasteiger partial charge in [-0.15, -0.1) is 0 Å². The smallest absolute Gasteiger partial charge is 0.243 e. The van der Waals surface area contributed by atoms with Crippen molar-refractivity contribution in [2.45, 2.75) is 38.1 Å². The highest BCUT2D eigenvalue weighted by atomic mass is 16.5. The summed E-state index contributed by atoms with van der Waals surface area (Å²) >= 11 is 0. The molecule has 5 rings (SSSR count). The van der Waals surface area contributed by atoms with Crippen LogP contribution < -0.4 is 20.1 Å². The number of hydrogen-bond donors (Lipinski definition) is 2. The second-order valence-corrected chi connectivity index (χ2v) is 9.37. The van der Waals surface area contributed by atoms with Crippen LogP contribution in [-0.2, 0) is 35.6 Å². The maximum absolute atomic E-state index is 12.8. The molecule has 0 aliphatic carbocycles. The summed E-state index contributed by atoms with van der Waals surface area (Å²) in [6.45, 7) is 0.984. The predicted octanol–water partition coefficient (Wildman–Crippen LogP) is 4.61. The molecular formula is C32H30N2O4. The maximum Gasteiger partial charge on any atom is 0.243 e. The van der Waals surface area contributed by atoms with Gasteiger partial charge in [-0.25, -0.2) is 0 Å². The van der Waals surface area contributed by atoms with Crippen LogP contribution in [0, 0.1) is 0 Å². The van der Waals surface area contributed by atoms with E-state index < -0.39 is 12.1 Å². The van der Waals surface area contributed by atoms with E-state index in [1.807, 2.05) is 109 Å². The quantitative estimate of drug-likeness (QED) is 0.329. The first kappa shape index (κ1) is 25.1. The Labute approximate surface area is 222 Å². The minimum absolute atomic E-state index is 0.179. The molecule has 1 heterocycles. The Morgan fingerprint density at radius 1 is 0.474 bits per heavy atom. The van der Waals surface area contributed by atoms with Crippen LogP contribution in [0.2, 0.25) is 0 Å². The molecule has 1 saturated heterocycles. The van der Waals surface area contributed by atoms with Crippen LogP contribution in [0.4, 0.5) is 0 Å². The minimum Gasteiger partial charge on any atom is -0.489 e. The first-order chi connectivity index (χ1) is 18.6. The van der Waals surface area contributed by atoms with Crippen molar-refractivity contribution >= 4 is 11.8 Å². The molecule has 0 saturated carbocycles. The summed E-state index contributed by atoms with van der Waals surface area (Å²) in [7, 11) is 0. The van der Waals surface area contributed by atoms with Crippen molar-refractivity contribution in [3.63, 3.8) is 0 Å². The average Bonchev–Trinajstić information content (AvgIpc) is 2.96. The van der Waals surface area contributed by atoms with E-state index in [9.17, 15) is 9.59 Å². The third-order valence-corrected chi connectivity index (χ3v) is 6.49. The number of carbonyl (C=O) groups excluding carboxylic acids is 2. The molecule has 4 aromatic rings. The predicted molar refractivity (Wildman–Crippen MR) is 146 cm³/mol. The van der Waals surface area contributed by atoms with Crippen LogP contribution in [0.25, 0.3) is 0 Å². The summed E-state index contributed by atoms with van der Waals surface area (Å²) in [6, 6.07) is 34.0. The first-order valence-electron chi connectivity index (χ1n) is 12.7. The molecule has 4 aromatic carbocycles. The number of ether oxygens (including phenoxy) is 2. The minimum atomic E-state index is -0.608. The van der Waals surface area contributed by atoms with Crippen molar-refractivity contribution in [1.29, 1.82) is 0 Å². The molecule has 0 aromatic heterocycles. The summed E-state index contributed by atoms with van der Waals surface area (Å²) in [5.74, 6) is 1.15. The highest BCUT2D eigenvalue weighted by Crippen LogP contribution is 2.18. The first-order valence-corrected chi connectivity index (χ1v) is 12.7. The van der Waals surface area contributed by atoms with Crippen molar-refractivity contribution in [1.82, 2.24) is 10.6 Å². The molecular weight excluding hydrogens is 476 g/mol. The molecule has 192 valence electrons. The highest BCUT2D eigenvalue weighted by molar-refractivity contribution is 5.97. The monoisotopic (exact) mass is 506 g/mol. The lowest BCUT2D eigenvalue weighted by Crippen LogP contribution is -2.62. The lowest BCUT2D eigenvalue weighted by atomic mass is 9.98. The largest absolute Gasteiger partial charge is 0.489 e. The summed E-state index contributed by atoms with van der Waals surface area (Å²) < 4.78 is 11.7. The number of hydrogen-bond acceptors (Lipinski definition) is 4. The fourth-order valence-corrected chi connectivity index (χ4v) is 4.36. The number of amides is 2. The molecule has 2 atom stereocenters. The Morgan fingerprint density at radius 2 is 0.842 bits per heavy atom. The molecule has 0 radical (unpaired) electrons. The van der Waals surface area contributed by atoms with E-state index in [0.29, 0.717) is 26.1 Å². The Balaban J connectivity index is 1.09. The van der Waals surface area contributed by atoms with Gasteiger partial charge in [0.1, 0.15) is 36.8 Å². The van der Waals surface area contributed by atoms with Gasteiger partial charge in [-0.3, -0.25) is 9.59 Å². The number of nitrogens with one attached hydrogen (secondary N) is 2. The van der Waals surface area contributed by atoms with E-state index in [2.05, 4.69) is 10.6 Å². The van der Waals surface area contributed by atoms with E-state index in [1.165, 1.54) is 0 Å². The SMILES string of the molecule is O=C1N[C@@H](Cc2ccc(OCc3ccccc3)cc2)C(=O)N[C@H]1Cc1ccc(OCc2ccccc2)cc1. The van der Waals surface area contributed by atoms with Crippen LogP contribution in [0.1, 0.15) is 22.3 Å². The van der Waals surface area contributed by atoms with Gasteiger partial charge in [0.25, 0.3) is 0 Å². The topological polar surface area (TPSA) is 76.7 Å². The Morgan fingerprint density at radius 3 is 1.21 bits per heavy atom. The third-order valence-electron chi connectivity index (χ3n) is 6.49. The van der Waals surface area contributed by atoms with Gasteiger partial charge >= 0.3 is 0 Å². The van der Waals surface area contributed by atoms with Gasteiger partial charge < -0.3 is 20.1 Å². The van der Waals surface area contributed by atoms with Crippen LogP contribution >= 0.6 is 0 Å². The second-order valence-electron chi connectivity index (χ2n) is 9.37. The zero-order valence-electron chi connectivity index (χ0n) is 21.0. The van der Waals surface area contributed by atoms with Crippen LogP contribution in [0.15, 0.2) is 109 Å². The van der Waals surface area contributed by atoms with E-state index in [0.717, 1.165) is 33.8 Å². The van der Waals surface area contributed by atoms with Gasteiger partial charge in [-0.1, -0.05) is 84.9 Å². The van der Waals surface area contributed by atoms with Crippen molar-refractivity contribution in [2.24, 2.45) is 0 Å². The van der Waals surface area contributed by atoms with Crippen molar-refractivity contribution < 1.29 is 19.1 Å². The van der Waals surface area contributed by atoms with Gasteiger partial charge in [-0.05, 0) is 46.5 Å². The molecule has 1 aliphatic rings. The van der Waals surface area contributed by atoms with Crippen LogP contribution in [-0.4, -0.2) is 23.9 Å². The van der Waals surface area contributed by atoms with E-state index >= 15 is 0 Å². The third kappa shape index (κ3) is 6.79. The average molecular weight is 507 g/mol. The Kier molecular flexibility index (Phi) is 7.99. The van der Waals surface area contributed by atoms with Crippen molar-refractivity contribution in [2.75, 3.05) is 0 Å². The maximum atomic E-state index is 12.8. The zero-order chi connectivity index (χ0) is 26.2. The Bertz CT molecular complexity index is 1230. The van der Waals surface area contributed by atoms with Gasteiger partial charge in [0, 0.05) is 12.8 Å². The van der Waals surface area contributed by atoms with E-state index in [-0.39, 0.29) is 11.8 Å². The van der Waals surface area contributed by atoms with E-state index in [1.54, 1.807) is 0 Å².